The van der Waals surface area contributed by atoms with Crippen LogP contribution in [0.25, 0.3) is 0 Å². The molecule has 0 saturated carbocycles. The normalized spacial score (nSPS) is 10.4. The number of nitrogens with two attached hydrogens (primary N) is 1. The van der Waals surface area contributed by atoms with Crippen molar-refractivity contribution in [2.24, 2.45) is 5.73 Å². The first-order valence-electron chi connectivity index (χ1n) is 7.33. The molecule has 0 unspecified atom stereocenters. The number of nitrogens with zero attached hydrogens (tertiary/aromatic N) is 1. The van der Waals surface area contributed by atoms with Crippen LogP contribution in [0, 0.1) is 6.92 Å². The number of methoxy groups -OCH3 is 1. The van der Waals surface area contributed by atoms with Gasteiger partial charge in [-0.05, 0) is 29.7 Å². The monoisotopic (exact) mass is 320 g/mol. The molecule has 2 aromatic rings. The molecule has 3 nitrogen and oxygen atoms in total. The highest BCUT2D eigenvalue weighted by Crippen LogP contribution is 2.20. The van der Waals surface area contributed by atoms with E-state index in [4.69, 9.17) is 10.5 Å². The third-order valence-corrected chi connectivity index (χ3v) is 3.56. The highest BCUT2D eigenvalue weighted by atomic mass is 35.5. The van der Waals surface area contributed by atoms with Crippen LogP contribution in [-0.2, 0) is 13.1 Å². The molecule has 0 aliphatic rings. The van der Waals surface area contributed by atoms with Gasteiger partial charge in [-0.2, -0.15) is 0 Å². The molecule has 2 aromatic carbocycles. The molecular weight excluding hydrogens is 296 g/mol. The van der Waals surface area contributed by atoms with Crippen LogP contribution < -0.4 is 10.5 Å². The zero-order valence-electron chi connectivity index (χ0n) is 13.3. The van der Waals surface area contributed by atoms with Crippen LogP contribution in [0.5, 0.6) is 5.75 Å². The number of benzene rings is 2. The highest BCUT2D eigenvalue weighted by molar-refractivity contribution is 5.85. The topological polar surface area (TPSA) is 38.5 Å². The van der Waals surface area contributed by atoms with Crippen molar-refractivity contribution in [1.29, 1.82) is 0 Å². The first-order chi connectivity index (χ1) is 10.2. The summed E-state index contributed by atoms with van der Waals surface area (Å²) in [7, 11) is 1.71. The van der Waals surface area contributed by atoms with E-state index in [1.807, 2.05) is 12.1 Å². The summed E-state index contributed by atoms with van der Waals surface area (Å²) in [6, 6.07) is 16.9. The van der Waals surface area contributed by atoms with E-state index in [0.717, 1.165) is 25.4 Å². The zero-order chi connectivity index (χ0) is 15.1. The van der Waals surface area contributed by atoms with Crippen LogP contribution in [-0.4, -0.2) is 25.1 Å². The van der Waals surface area contributed by atoms with E-state index in [2.05, 4.69) is 48.2 Å². The smallest absolute Gasteiger partial charge is 0.121 e. The Kier molecular flexibility index (Phi) is 7.96. The third kappa shape index (κ3) is 5.34. The van der Waals surface area contributed by atoms with Crippen molar-refractivity contribution in [1.82, 2.24) is 4.90 Å². The summed E-state index contributed by atoms with van der Waals surface area (Å²) in [5.41, 5.74) is 9.52. The first-order valence-corrected chi connectivity index (χ1v) is 7.33. The number of hydrogen-bond donors (Lipinski definition) is 1. The van der Waals surface area contributed by atoms with Crippen LogP contribution in [0.2, 0.25) is 0 Å². The van der Waals surface area contributed by atoms with Gasteiger partial charge in [0.2, 0.25) is 0 Å². The van der Waals surface area contributed by atoms with Gasteiger partial charge < -0.3 is 10.5 Å². The first kappa shape index (κ1) is 18.5. The van der Waals surface area contributed by atoms with Crippen molar-refractivity contribution in [2.45, 2.75) is 20.0 Å². The Morgan fingerprint density at radius 1 is 1.00 bits per heavy atom. The van der Waals surface area contributed by atoms with E-state index in [1.165, 1.54) is 16.7 Å². The second-order valence-corrected chi connectivity index (χ2v) is 5.29. The van der Waals surface area contributed by atoms with Crippen molar-refractivity contribution in [3.8, 4) is 5.75 Å². The van der Waals surface area contributed by atoms with E-state index in [-0.39, 0.29) is 12.4 Å². The van der Waals surface area contributed by atoms with Gasteiger partial charge in [0.15, 0.2) is 0 Å². The maximum Gasteiger partial charge on any atom is 0.121 e. The lowest BCUT2D eigenvalue weighted by Crippen LogP contribution is -2.28. The molecule has 0 amide bonds. The summed E-state index contributed by atoms with van der Waals surface area (Å²) in [6.07, 6.45) is 0. The number of aryl methyl sites for hydroxylation is 1. The van der Waals surface area contributed by atoms with Gasteiger partial charge >= 0.3 is 0 Å². The minimum atomic E-state index is 0. The quantitative estimate of drug-likeness (QED) is 0.850. The van der Waals surface area contributed by atoms with Gasteiger partial charge in [0.25, 0.3) is 0 Å². The Labute approximate surface area is 139 Å². The summed E-state index contributed by atoms with van der Waals surface area (Å²) in [6.45, 7) is 5.45. The van der Waals surface area contributed by atoms with E-state index >= 15 is 0 Å². The second-order valence-electron chi connectivity index (χ2n) is 5.29. The fourth-order valence-electron chi connectivity index (χ4n) is 2.54. The zero-order valence-corrected chi connectivity index (χ0v) is 14.1. The summed E-state index contributed by atoms with van der Waals surface area (Å²) in [5.74, 6) is 0.937. The SMILES string of the molecule is COc1ccc(CN(CCN)Cc2ccccc2)cc1C.Cl. The lowest BCUT2D eigenvalue weighted by molar-refractivity contribution is 0.264. The van der Waals surface area contributed by atoms with Crippen molar-refractivity contribution in [3.63, 3.8) is 0 Å². The van der Waals surface area contributed by atoms with Crippen LogP contribution in [0.1, 0.15) is 16.7 Å². The molecule has 0 aromatic heterocycles. The van der Waals surface area contributed by atoms with E-state index in [9.17, 15) is 0 Å². The van der Waals surface area contributed by atoms with Gasteiger partial charge in [-0.1, -0.05) is 42.5 Å². The van der Waals surface area contributed by atoms with Crippen molar-refractivity contribution in [2.75, 3.05) is 20.2 Å². The Hall–Kier alpha value is -1.55. The average molecular weight is 321 g/mol. The molecule has 2 N–H and O–H groups in total. The number of ether oxygens (including phenoxy) is 1. The third-order valence-electron chi connectivity index (χ3n) is 3.56. The lowest BCUT2D eigenvalue weighted by Gasteiger charge is -2.22. The standard InChI is InChI=1S/C18H24N2O.ClH/c1-15-12-17(8-9-18(15)21-2)14-20(11-10-19)13-16-6-4-3-5-7-16;/h3-9,12H,10-11,13-14,19H2,1-2H3;1H. The fourth-order valence-corrected chi connectivity index (χ4v) is 2.54. The molecular formula is C18H25ClN2O. The van der Waals surface area contributed by atoms with Crippen LogP contribution in [0.4, 0.5) is 0 Å². The van der Waals surface area contributed by atoms with Gasteiger partial charge in [0.1, 0.15) is 5.75 Å². The number of halogens is 1. The molecule has 0 aliphatic carbocycles. The van der Waals surface area contributed by atoms with E-state index in [0.29, 0.717) is 6.54 Å². The minimum Gasteiger partial charge on any atom is -0.496 e. The number of rotatable bonds is 7. The molecule has 0 heterocycles. The molecule has 0 bridgehead atoms. The van der Waals surface area contributed by atoms with Crippen LogP contribution >= 0.6 is 12.4 Å². The van der Waals surface area contributed by atoms with Gasteiger partial charge in [-0.3, -0.25) is 4.90 Å². The Balaban J connectivity index is 0.00000242. The Morgan fingerprint density at radius 3 is 2.27 bits per heavy atom. The fraction of sp³-hybridized carbons (Fsp3) is 0.333. The molecule has 2 rings (SSSR count). The van der Waals surface area contributed by atoms with Crippen molar-refractivity contribution in [3.05, 3.63) is 65.2 Å². The second kappa shape index (κ2) is 9.46. The highest BCUT2D eigenvalue weighted by Gasteiger charge is 2.08. The Bertz CT molecular complexity index is 560. The average Bonchev–Trinajstić information content (AvgIpc) is 2.49. The summed E-state index contributed by atoms with van der Waals surface area (Å²) in [5, 5.41) is 0. The largest absolute Gasteiger partial charge is 0.496 e. The molecule has 0 fully saturated rings. The predicted molar refractivity (Wildman–Crippen MR) is 94.6 cm³/mol. The molecule has 120 valence electrons. The molecule has 0 aliphatic heterocycles. The molecule has 22 heavy (non-hydrogen) atoms. The van der Waals surface area contributed by atoms with Gasteiger partial charge in [0.05, 0.1) is 7.11 Å². The molecule has 4 heteroatoms. The molecule has 0 radical (unpaired) electrons. The maximum atomic E-state index is 5.75. The molecule has 0 spiro atoms. The minimum absolute atomic E-state index is 0. The number of hydrogen-bond acceptors (Lipinski definition) is 3. The molecule has 0 saturated heterocycles. The lowest BCUT2D eigenvalue weighted by atomic mass is 10.1. The summed E-state index contributed by atoms with van der Waals surface area (Å²) in [4.78, 5) is 2.37. The van der Waals surface area contributed by atoms with E-state index < -0.39 is 0 Å². The Morgan fingerprint density at radius 2 is 1.68 bits per heavy atom. The summed E-state index contributed by atoms with van der Waals surface area (Å²) < 4.78 is 5.31. The van der Waals surface area contributed by atoms with Crippen molar-refractivity contribution >= 4 is 12.4 Å². The van der Waals surface area contributed by atoms with Gasteiger partial charge in [-0.25, -0.2) is 0 Å². The van der Waals surface area contributed by atoms with Gasteiger partial charge in [-0.15, -0.1) is 12.4 Å². The van der Waals surface area contributed by atoms with Crippen molar-refractivity contribution < 1.29 is 4.74 Å². The molecule has 0 atom stereocenters. The maximum absolute atomic E-state index is 5.75. The summed E-state index contributed by atoms with van der Waals surface area (Å²) >= 11 is 0. The van der Waals surface area contributed by atoms with Crippen LogP contribution in [0.15, 0.2) is 48.5 Å². The van der Waals surface area contributed by atoms with Gasteiger partial charge in [0, 0.05) is 26.2 Å². The van der Waals surface area contributed by atoms with E-state index in [1.54, 1.807) is 7.11 Å². The van der Waals surface area contributed by atoms with Crippen LogP contribution in [0.3, 0.4) is 0 Å². The predicted octanol–water partition coefficient (Wildman–Crippen LogP) is 3.39.